The van der Waals surface area contributed by atoms with E-state index in [-0.39, 0.29) is 18.1 Å². The van der Waals surface area contributed by atoms with E-state index in [1.54, 1.807) is 4.90 Å². The number of rotatable bonds is 5. The lowest BCUT2D eigenvalue weighted by atomic mass is 9.93. The maximum atomic E-state index is 12.6. The van der Waals surface area contributed by atoms with Gasteiger partial charge in [0, 0.05) is 0 Å². The molecule has 1 aliphatic heterocycles. The van der Waals surface area contributed by atoms with Crippen LogP contribution in [0.15, 0.2) is 12.7 Å². The van der Waals surface area contributed by atoms with Crippen LogP contribution in [0.2, 0.25) is 0 Å². The van der Waals surface area contributed by atoms with E-state index in [4.69, 9.17) is 9.47 Å². The van der Waals surface area contributed by atoms with Gasteiger partial charge in [-0.1, -0.05) is 25.8 Å². The van der Waals surface area contributed by atoms with Crippen LogP contribution in [0.3, 0.4) is 0 Å². The Morgan fingerprint density at radius 3 is 2.62 bits per heavy atom. The Balaban J connectivity index is 2.92. The van der Waals surface area contributed by atoms with Crippen molar-refractivity contribution in [3.05, 3.63) is 12.7 Å². The van der Waals surface area contributed by atoms with Crippen LogP contribution in [0.4, 0.5) is 4.79 Å². The number of unbranched alkanes of at least 4 members (excludes halogenated alkanes) is 1. The molecular formula is C17H31NO3. The van der Waals surface area contributed by atoms with Gasteiger partial charge in [-0.15, -0.1) is 6.58 Å². The number of nitrogens with zero attached hydrogens (tertiary/aromatic N) is 1. The van der Waals surface area contributed by atoms with Crippen molar-refractivity contribution in [1.82, 2.24) is 4.90 Å². The van der Waals surface area contributed by atoms with Gasteiger partial charge in [-0.3, -0.25) is 4.90 Å². The van der Waals surface area contributed by atoms with Crippen LogP contribution in [0.5, 0.6) is 0 Å². The first-order chi connectivity index (χ1) is 9.62. The number of carbonyl (C=O) groups is 1. The molecule has 1 saturated heterocycles. The van der Waals surface area contributed by atoms with Crippen LogP contribution in [0.1, 0.15) is 60.8 Å². The average Bonchev–Trinajstić information content (AvgIpc) is 2.64. The summed E-state index contributed by atoms with van der Waals surface area (Å²) in [6.07, 6.45) is 4.91. The summed E-state index contributed by atoms with van der Waals surface area (Å²) in [5.74, 6) is 0.235. The van der Waals surface area contributed by atoms with Crippen molar-refractivity contribution in [2.45, 2.75) is 78.2 Å². The van der Waals surface area contributed by atoms with Crippen molar-refractivity contribution < 1.29 is 14.3 Å². The normalized spacial score (nSPS) is 23.0. The van der Waals surface area contributed by atoms with Crippen molar-refractivity contribution in [2.24, 2.45) is 5.92 Å². The molecule has 21 heavy (non-hydrogen) atoms. The molecule has 0 saturated carbocycles. The van der Waals surface area contributed by atoms with Crippen LogP contribution in [0, 0.1) is 5.92 Å². The van der Waals surface area contributed by atoms with Gasteiger partial charge in [0.1, 0.15) is 11.3 Å². The second-order valence-corrected chi connectivity index (χ2v) is 7.22. The molecule has 0 aliphatic carbocycles. The van der Waals surface area contributed by atoms with Crippen molar-refractivity contribution >= 4 is 6.09 Å². The molecule has 1 amide bonds. The zero-order chi connectivity index (χ0) is 16.3. The zero-order valence-electron chi connectivity index (χ0n) is 14.4. The molecule has 0 unspecified atom stereocenters. The zero-order valence-corrected chi connectivity index (χ0v) is 14.4. The summed E-state index contributed by atoms with van der Waals surface area (Å²) in [5.41, 5.74) is -1.14. The quantitative estimate of drug-likeness (QED) is 0.708. The lowest BCUT2D eigenvalue weighted by Crippen LogP contribution is -2.51. The van der Waals surface area contributed by atoms with Crippen LogP contribution in [0.25, 0.3) is 0 Å². The van der Waals surface area contributed by atoms with E-state index in [1.807, 2.05) is 40.7 Å². The van der Waals surface area contributed by atoms with E-state index in [9.17, 15) is 4.79 Å². The molecule has 0 N–H and O–H groups in total. The molecule has 0 aromatic rings. The number of ether oxygens (including phenoxy) is 2. The third kappa shape index (κ3) is 4.73. The number of hydrogen-bond donors (Lipinski definition) is 0. The Bertz CT molecular complexity index is 371. The fourth-order valence-electron chi connectivity index (χ4n) is 2.72. The lowest BCUT2D eigenvalue weighted by Gasteiger charge is -2.37. The fraction of sp³-hybridized carbons (Fsp3) is 0.824. The van der Waals surface area contributed by atoms with Crippen LogP contribution in [-0.2, 0) is 9.47 Å². The van der Waals surface area contributed by atoms with E-state index >= 15 is 0 Å². The second-order valence-electron chi connectivity index (χ2n) is 7.22. The van der Waals surface area contributed by atoms with Crippen LogP contribution >= 0.6 is 0 Å². The summed E-state index contributed by atoms with van der Waals surface area (Å²) in [7, 11) is 0. The van der Waals surface area contributed by atoms with Gasteiger partial charge in [-0.05, 0) is 47.0 Å². The first-order valence-corrected chi connectivity index (χ1v) is 7.91. The molecule has 1 aliphatic rings. The minimum absolute atomic E-state index is 0.00102. The molecule has 2 atom stereocenters. The molecule has 0 aromatic heterocycles. The van der Waals surface area contributed by atoms with E-state index in [2.05, 4.69) is 13.5 Å². The fourth-order valence-corrected chi connectivity index (χ4v) is 2.72. The summed E-state index contributed by atoms with van der Waals surface area (Å²) >= 11 is 0. The van der Waals surface area contributed by atoms with E-state index in [0.717, 1.165) is 19.3 Å². The molecule has 1 heterocycles. The van der Waals surface area contributed by atoms with Gasteiger partial charge in [0.05, 0.1) is 12.6 Å². The van der Waals surface area contributed by atoms with Gasteiger partial charge >= 0.3 is 6.09 Å². The minimum Gasteiger partial charge on any atom is -0.444 e. The van der Waals surface area contributed by atoms with E-state index in [1.165, 1.54) is 0 Å². The Morgan fingerprint density at radius 2 is 2.14 bits per heavy atom. The highest BCUT2D eigenvalue weighted by molar-refractivity contribution is 5.69. The number of carbonyl (C=O) groups excluding carboxylic acids is 1. The largest absolute Gasteiger partial charge is 0.444 e. The molecule has 1 fully saturated rings. The molecule has 4 heteroatoms. The highest BCUT2D eigenvalue weighted by atomic mass is 16.6. The predicted octanol–water partition coefficient (Wildman–Crippen LogP) is 4.35. The highest BCUT2D eigenvalue weighted by Crippen LogP contribution is 2.34. The first-order valence-electron chi connectivity index (χ1n) is 7.91. The summed E-state index contributed by atoms with van der Waals surface area (Å²) in [6, 6.07) is -0.00102. The Kier molecular flexibility index (Phi) is 5.85. The van der Waals surface area contributed by atoms with Gasteiger partial charge < -0.3 is 9.47 Å². The van der Waals surface area contributed by atoms with Gasteiger partial charge in [-0.25, -0.2) is 4.79 Å². The molecule has 0 bridgehead atoms. The molecule has 1 rings (SSSR count). The summed E-state index contributed by atoms with van der Waals surface area (Å²) in [5, 5.41) is 0. The third-order valence-electron chi connectivity index (χ3n) is 3.80. The lowest BCUT2D eigenvalue weighted by molar-refractivity contribution is -0.0638. The number of hydrogen-bond acceptors (Lipinski definition) is 3. The summed E-state index contributed by atoms with van der Waals surface area (Å²) in [6.45, 7) is 16.1. The first kappa shape index (κ1) is 18.0. The maximum Gasteiger partial charge on any atom is 0.412 e. The van der Waals surface area contributed by atoms with Gasteiger partial charge in [0.2, 0.25) is 0 Å². The van der Waals surface area contributed by atoms with Crippen molar-refractivity contribution in [1.29, 1.82) is 0 Å². The molecule has 0 aromatic carbocycles. The summed E-state index contributed by atoms with van der Waals surface area (Å²) in [4.78, 5) is 14.3. The minimum atomic E-state index is -0.638. The van der Waals surface area contributed by atoms with Gasteiger partial charge in [0.25, 0.3) is 0 Å². The molecule has 0 radical (unpaired) electrons. The highest BCUT2D eigenvalue weighted by Gasteiger charge is 2.47. The van der Waals surface area contributed by atoms with E-state index < -0.39 is 11.3 Å². The van der Waals surface area contributed by atoms with Crippen LogP contribution in [-0.4, -0.2) is 35.0 Å². The van der Waals surface area contributed by atoms with Crippen molar-refractivity contribution in [3.63, 3.8) is 0 Å². The van der Waals surface area contributed by atoms with Gasteiger partial charge in [0.15, 0.2) is 0 Å². The number of amides is 1. The van der Waals surface area contributed by atoms with Crippen molar-refractivity contribution in [2.75, 3.05) is 6.61 Å². The maximum absolute atomic E-state index is 12.6. The molecular weight excluding hydrogens is 266 g/mol. The standard InChI is InChI=1S/C17H31NO3/c1-8-10-11-13(9-2)14-12-20-17(6,7)18(14)15(19)21-16(3,4)5/h9,13-14H,2,8,10-12H2,1,3-7H3/t13-,14+/m0/s1. The second kappa shape index (κ2) is 6.82. The topological polar surface area (TPSA) is 38.8 Å². The molecule has 4 nitrogen and oxygen atoms in total. The van der Waals surface area contributed by atoms with Gasteiger partial charge in [-0.2, -0.15) is 0 Å². The summed E-state index contributed by atoms with van der Waals surface area (Å²) < 4.78 is 11.4. The Morgan fingerprint density at radius 1 is 1.52 bits per heavy atom. The SMILES string of the molecule is C=C[C@@H](CCCC)[C@H]1COC(C)(C)N1C(=O)OC(C)(C)C. The predicted molar refractivity (Wildman–Crippen MR) is 85.1 cm³/mol. The smallest absolute Gasteiger partial charge is 0.412 e. The third-order valence-corrected chi connectivity index (χ3v) is 3.80. The van der Waals surface area contributed by atoms with Crippen LogP contribution < -0.4 is 0 Å². The molecule has 122 valence electrons. The monoisotopic (exact) mass is 297 g/mol. The molecule has 0 spiro atoms. The Hall–Kier alpha value is -1.03. The van der Waals surface area contributed by atoms with E-state index in [0.29, 0.717) is 6.61 Å². The average molecular weight is 297 g/mol. The van der Waals surface area contributed by atoms with Crippen molar-refractivity contribution in [3.8, 4) is 0 Å². The Labute approximate surface area is 129 Å².